The van der Waals surface area contributed by atoms with Crippen LogP contribution in [0, 0.1) is 6.92 Å². The molecule has 1 rings (SSSR count). The molecule has 0 saturated carbocycles. The third-order valence-electron chi connectivity index (χ3n) is 2.30. The molecule has 0 bridgehead atoms. The lowest BCUT2D eigenvalue weighted by Gasteiger charge is -2.10. The number of ether oxygens (including phenoxy) is 1. The van der Waals surface area contributed by atoms with Gasteiger partial charge in [0.15, 0.2) is 0 Å². The summed E-state index contributed by atoms with van der Waals surface area (Å²) in [6.45, 7) is 1.90. The van der Waals surface area contributed by atoms with Gasteiger partial charge in [0.25, 0.3) is 5.91 Å². The van der Waals surface area contributed by atoms with Crippen molar-refractivity contribution in [3.8, 4) is 5.75 Å². The Balaban J connectivity index is 2.66. The fourth-order valence-electron chi connectivity index (χ4n) is 1.32. The highest BCUT2D eigenvalue weighted by atomic mass is 79.9. The summed E-state index contributed by atoms with van der Waals surface area (Å²) in [5, 5.41) is 12.1. The number of aryl methyl sites for hydroxylation is 1. The number of amides is 1. The number of nitrogens with one attached hydrogen (secondary N) is 1. The fourth-order valence-corrected chi connectivity index (χ4v) is 1.67. The summed E-state index contributed by atoms with van der Waals surface area (Å²) in [4.78, 5) is 22.3. The normalized spacial score (nSPS) is 11.7. The number of phenolic OH excluding ortho intramolecular Hbond substituents is 1. The molecule has 0 radical (unpaired) electrons. The highest BCUT2D eigenvalue weighted by Crippen LogP contribution is 2.17. The van der Waals surface area contributed by atoms with Gasteiger partial charge in [-0.1, -0.05) is 27.6 Å². The number of carbonyl (C=O) groups is 2. The average molecular weight is 316 g/mol. The van der Waals surface area contributed by atoms with E-state index in [4.69, 9.17) is 0 Å². The van der Waals surface area contributed by atoms with Gasteiger partial charge in [-0.25, -0.2) is 0 Å². The van der Waals surface area contributed by atoms with Crippen LogP contribution in [0.1, 0.15) is 15.9 Å². The Morgan fingerprint density at radius 3 is 2.78 bits per heavy atom. The number of methoxy groups -OCH3 is 1. The lowest BCUT2D eigenvalue weighted by Crippen LogP contribution is -2.33. The predicted octanol–water partition coefficient (Wildman–Crippen LogP) is 1.37. The molecule has 0 aliphatic rings. The molecule has 6 heteroatoms. The molecule has 1 aromatic carbocycles. The zero-order valence-corrected chi connectivity index (χ0v) is 11.7. The first-order chi connectivity index (χ1) is 8.45. The number of halogens is 1. The van der Waals surface area contributed by atoms with E-state index in [-0.39, 0.29) is 17.9 Å². The maximum atomic E-state index is 11.8. The monoisotopic (exact) mass is 315 g/mol. The van der Waals surface area contributed by atoms with E-state index < -0.39 is 16.7 Å². The molecule has 18 heavy (non-hydrogen) atoms. The predicted molar refractivity (Wildman–Crippen MR) is 69.9 cm³/mol. The third kappa shape index (κ3) is 3.73. The molecular formula is C12H14BrNO4. The Labute approximate surface area is 113 Å². The maximum absolute atomic E-state index is 11.8. The molecule has 1 amide bonds. The van der Waals surface area contributed by atoms with Crippen LogP contribution in [0.3, 0.4) is 0 Å². The van der Waals surface area contributed by atoms with Gasteiger partial charge in [-0.15, -0.1) is 0 Å². The van der Waals surface area contributed by atoms with Crippen LogP contribution in [-0.2, 0) is 9.53 Å². The van der Waals surface area contributed by atoms with Gasteiger partial charge in [-0.2, -0.15) is 0 Å². The van der Waals surface area contributed by atoms with E-state index in [1.165, 1.54) is 13.2 Å². The second-order valence-corrected chi connectivity index (χ2v) is 4.83. The van der Waals surface area contributed by atoms with Crippen LogP contribution < -0.4 is 5.32 Å². The summed E-state index contributed by atoms with van der Waals surface area (Å²) in [5.74, 6) is -1.00. The quantitative estimate of drug-likeness (QED) is 0.650. The van der Waals surface area contributed by atoms with Crippen LogP contribution >= 0.6 is 15.9 Å². The smallest absolute Gasteiger partial charge is 0.321 e. The van der Waals surface area contributed by atoms with Gasteiger partial charge in [0.2, 0.25) is 0 Å². The highest BCUT2D eigenvalue weighted by Gasteiger charge is 2.17. The number of hydrogen-bond acceptors (Lipinski definition) is 4. The largest absolute Gasteiger partial charge is 0.507 e. The number of aromatic hydroxyl groups is 1. The molecular weight excluding hydrogens is 302 g/mol. The van der Waals surface area contributed by atoms with Gasteiger partial charge >= 0.3 is 5.97 Å². The molecule has 0 fully saturated rings. The van der Waals surface area contributed by atoms with Crippen molar-refractivity contribution in [2.24, 2.45) is 0 Å². The van der Waals surface area contributed by atoms with Crippen molar-refractivity contribution in [1.82, 2.24) is 5.32 Å². The number of carbonyl (C=O) groups excluding carboxylic acids is 2. The van der Waals surface area contributed by atoms with Gasteiger partial charge in [-0.3, -0.25) is 9.59 Å². The molecule has 0 aromatic heterocycles. The molecule has 0 heterocycles. The number of phenols is 1. The van der Waals surface area contributed by atoms with Crippen LogP contribution in [0.5, 0.6) is 5.75 Å². The van der Waals surface area contributed by atoms with Gasteiger partial charge in [0.05, 0.1) is 12.7 Å². The molecule has 1 aromatic rings. The first kappa shape index (κ1) is 14.5. The lowest BCUT2D eigenvalue weighted by molar-refractivity contribution is -0.139. The summed E-state index contributed by atoms with van der Waals surface area (Å²) < 4.78 is 4.51. The van der Waals surface area contributed by atoms with Crippen LogP contribution in [0.4, 0.5) is 0 Å². The average Bonchev–Trinajstić information content (AvgIpc) is 2.37. The standard InChI is InChI=1S/C12H14BrNO4/c1-7-3-4-10(15)8(5-7)11(16)14-6-9(13)12(17)18-2/h3-5,9,15H,6H2,1-2H3,(H,14,16). The van der Waals surface area contributed by atoms with Crippen molar-refractivity contribution in [2.45, 2.75) is 11.8 Å². The van der Waals surface area contributed by atoms with Crippen molar-refractivity contribution in [3.05, 3.63) is 29.3 Å². The van der Waals surface area contributed by atoms with Gasteiger partial charge in [0.1, 0.15) is 10.6 Å². The molecule has 1 unspecified atom stereocenters. The minimum Gasteiger partial charge on any atom is -0.507 e. The van der Waals surface area contributed by atoms with E-state index in [1.54, 1.807) is 12.1 Å². The molecule has 98 valence electrons. The molecule has 0 saturated heterocycles. The minimum absolute atomic E-state index is 0.0822. The van der Waals surface area contributed by atoms with E-state index in [1.807, 2.05) is 6.92 Å². The Hall–Kier alpha value is -1.56. The number of hydrogen-bond donors (Lipinski definition) is 2. The van der Waals surface area contributed by atoms with E-state index in [0.29, 0.717) is 0 Å². The Bertz CT molecular complexity index is 461. The summed E-state index contributed by atoms with van der Waals surface area (Å²) in [6.07, 6.45) is 0. The van der Waals surface area contributed by atoms with Gasteiger partial charge in [-0.05, 0) is 19.1 Å². The van der Waals surface area contributed by atoms with Crippen molar-refractivity contribution >= 4 is 27.8 Å². The Morgan fingerprint density at radius 1 is 1.50 bits per heavy atom. The van der Waals surface area contributed by atoms with Crippen molar-refractivity contribution in [1.29, 1.82) is 0 Å². The molecule has 0 aliphatic heterocycles. The summed E-state index contributed by atoms with van der Waals surface area (Å²) >= 11 is 3.09. The number of esters is 1. The van der Waals surface area contributed by atoms with Crippen LogP contribution in [-0.4, -0.2) is 35.5 Å². The second-order valence-electron chi connectivity index (χ2n) is 3.72. The topological polar surface area (TPSA) is 75.6 Å². The number of rotatable bonds is 4. The third-order valence-corrected chi connectivity index (χ3v) is 2.99. The van der Waals surface area contributed by atoms with E-state index in [0.717, 1.165) is 5.56 Å². The van der Waals surface area contributed by atoms with Crippen LogP contribution in [0.15, 0.2) is 18.2 Å². The van der Waals surface area contributed by atoms with Crippen molar-refractivity contribution < 1.29 is 19.4 Å². The Morgan fingerprint density at radius 2 is 2.17 bits per heavy atom. The second kappa shape index (κ2) is 6.39. The zero-order chi connectivity index (χ0) is 13.7. The SMILES string of the molecule is COC(=O)C(Br)CNC(=O)c1cc(C)ccc1O. The zero-order valence-electron chi connectivity index (χ0n) is 10.1. The van der Waals surface area contributed by atoms with Crippen molar-refractivity contribution in [3.63, 3.8) is 0 Å². The number of alkyl halides is 1. The van der Waals surface area contributed by atoms with Crippen LogP contribution in [0.2, 0.25) is 0 Å². The first-order valence-corrected chi connectivity index (χ1v) is 6.17. The molecule has 0 spiro atoms. The van der Waals surface area contributed by atoms with E-state index >= 15 is 0 Å². The molecule has 0 aliphatic carbocycles. The van der Waals surface area contributed by atoms with Crippen LogP contribution in [0.25, 0.3) is 0 Å². The van der Waals surface area contributed by atoms with Gasteiger partial charge < -0.3 is 15.2 Å². The lowest BCUT2D eigenvalue weighted by atomic mass is 10.1. The van der Waals surface area contributed by atoms with Gasteiger partial charge in [0, 0.05) is 6.54 Å². The maximum Gasteiger partial charge on any atom is 0.321 e. The first-order valence-electron chi connectivity index (χ1n) is 5.25. The van der Waals surface area contributed by atoms with E-state index in [2.05, 4.69) is 26.0 Å². The summed E-state index contributed by atoms with van der Waals surface area (Å²) in [6, 6.07) is 4.73. The molecule has 1 atom stereocenters. The highest BCUT2D eigenvalue weighted by molar-refractivity contribution is 9.10. The number of benzene rings is 1. The molecule has 5 nitrogen and oxygen atoms in total. The van der Waals surface area contributed by atoms with Crippen molar-refractivity contribution in [2.75, 3.05) is 13.7 Å². The fraction of sp³-hybridized carbons (Fsp3) is 0.333. The minimum atomic E-state index is -0.613. The molecule has 2 N–H and O–H groups in total. The summed E-state index contributed by atoms with van der Waals surface area (Å²) in [5.41, 5.74) is 1.04. The van der Waals surface area contributed by atoms with E-state index in [9.17, 15) is 14.7 Å². The Kier molecular flexibility index (Phi) is 5.15. The summed E-state index contributed by atoms with van der Waals surface area (Å²) in [7, 11) is 1.27.